The topological polar surface area (TPSA) is 69.0 Å². The van der Waals surface area contributed by atoms with Crippen molar-refractivity contribution in [3.63, 3.8) is 0 Å². The molecule has 1 N–H and O–H groups in total. The molecule has 0 fully saturated rings. The highest BCUT2D eigenvalue weighted by Crippen LogP contribution is 2.31. The Morgan fingerprint density at radius 1 is 1.09 bits per heavy atom. The molecule has 3 aromatic carbocycles. The van der Waals surface area contributed by atoms with Crippen molar-refractivity contribution < 1.29 is 13.9 Å². The first-order valence-corrected chi connectivity index (χ1v) is 11.4. The highest BCUT2D eigenvalue weighted by molar-refractivity contribution is 7.99. The Balaban J connectivity index is 1.63. The highest BCUT2D eigenvalue weighted by Gasteiger charge is 2.20. The molecule has 4 rings (SSSR count). The highest BCUT2D eigenvalue weighted by atomic mass is 35.5. The van der Waals surface area contributed by atoms with Crippen LogP contribution in [0.25, 0.3) is 17.1 Å². The van der Waals surface area contributed by atoms with Crippen LogP contribution in [0.1, 0.15) is 0 Å². The van der Waals surface area contributed by atoms with Crippen LogP contribution < -0.4 is 10.1 Å². The Bertz CT molecular complexity index is 1300. The predicted octanol–water partition coefficient (Wildman–Crippen LogP) is 6.12. The molecule has 33 heavy (non-hydrogen) atoms. The second-order valence-electron chi connectivity index (χ2n) is 6.78. The van der Waals surface area contributed by atoms with E-state index in [0.29, 0.717) is 43.7 Å². The summed E-state index contributed by atoms with van der Waals surface area (Å²) in [6.45, 7) is 0. The van der Waals surface area contributed by atoms with E-state index in [1.807, 2.05) is 12.1 Å². The SMILES string of the molecule is COc1ccc(-n2c(SCC(=O)Nc3cc(Cl)ccc3Cl)nnc2-c2ccccc2F)cc1. The Morgan fingerprint density at radius 3 is 2.58 bits per heavy atom. The van der Waals surface area contributed by atoms with Crippen LogP contribution in [0.3, 0.4) is 0 Å². The van der Waals surface area contributed by atoms with Crippen molar-refractivity contribution in [2.45, 2.75) is 5.16 Å². The van der Waals surface area contributed by atoms with Gasteiger partial charge in [0.15, 0.2) is 11.0 Å². The minimum Gasteiger partial charge on any atom is -0.497 e. The van der Waals surface area contributed by atoms with Crippen molar-refractivity contribution in [3.05, 3.63) is 82.6 Å². The zero-order chi connectivity index (χ0) is 23.4. The number of benzene rings is 3. The molecule has 10 heteroatoms. The van der Waals surface area contributed by atoms with Gasteiger partial charge in [-0.15, -0.1) is 10.2 Å². The lowest BCUT2D eigenvalue weighted by Crippen LogP contribution is -2.15. The summed E-state index contributed by atoms with van der Waals surface area (Å²) in [6, 6.07) is 18.3. The molecule has 0 atom stereocenters. The van der Waals surface area contributed by atoms with E-state index >= 15 is 0 Å². The standard InChI is InChI=1S/C23H17Cl2FN4O2S/c1-32-16-9-7-15(8-10-16)30-22(17-4-2-3-5-19(17)26)28-29-23(30)33-13-21(31)27-20-12-14(24)6-11-18(20)25/h2-12H,13H2,1H3,(H,27,31). The lowest BCUT2D eigenvalue weighted by atomic mass is 10.2. The maximum atomic E-state index is 14.5. The first kappa shape index (κ1) is 23.1. The number of rotatable bonds is 7. The summed E-state index contributed by atoms with van der Waals surface area (Å²) in [4.78, 5) is 12.5. The van der Waals surface area contributed by atoms with E-state index in [4.69, 9.17) is 27.9 Å². The van der Waals surface area contributed by atoms with Crippen molar-refractivity contribution in [3.8, 4) is 22.8 Å². The van der Waals surface area contributed by atoms with E-state index in [2.05, 4.69) is 15.5 Å². The minimum absolute atomic E-state index is 0.0222. The van der Waals surface area contributed by atoms with Gasteiger partial charge < -0.3 is 10.1 Å². The number of nitrogens with zero attached hydrogens (tertiary/aromatic N) is 3. The number of thioether (sulfide) groups is 1. The number of anilines is 1. The lowest BCUT2D eigenvalue weighted by Gasteiger charge is -2.12. The van der Waals surface area contributed by atoms with Gasteiger partial charge in [0.2, 0.25) is 5.91 Å². The second-order valence-corrected chi connectivity index (χ2v) is 8.57. The molecular weight excluding hydrogens is 486 g/mol. The molecule has 0 saturated carbocycles. The zero-order valence-corrected chi connectivity index (χ0v) is 19.6. The van der Waals surface area contributed by atoms with Crippen LogP contribution in [0.4, 0.5) is 10.1 Å². The molecule has 0 unspecified atom stereocenters. The monoisotopic (exact) mass is 502 g/mol. The number of carbonyl (C=O) groups is 1. The molecule has 0 saturated heterocycles. The van der Waals surface area contributed by atoms with E-state index in [-0.39, 0.29) is 11.7 Å². The van der Waals surface area contributed by atoms with Crippen molar-refractivity contribution in [2.75, 3.05) is 18.2 Å². The molecule has 1 amide bonds. The van der Waals surface area contributed by atoms with Crippen molar-refractivity contribution in [1.29, 1.82) is 0 Å². The third-order valence-corrected chi connectivity index (χ3v) is 6.11. The van der Waals surface area contributed by atoms with Crippen LogP contribution in [0, 0.1) is 5.82 Å². The molecule has 4 aromatic rings. The predicted molar refractivity (Wildman–Crippen MR) is 129 cm³/mol. The molecule has 0 aliphatic heterocycles. The number of carbonyl (C=O) groups excluding carboxylic acids is 1. The first-order valence-electron chi connectivity index (χ1n) is 9.68. The van der Waals surface area contributed by atoms with Gasteiger partial charge in [0.25, 0.3) is 0 Å². The van der Waals surface area contributed by atoms with Crippen molar-refractivity contribution in [1.82, 2.24) is 14.8 Å². The smallest absolute Gasteiger partial charge is 0.234 e. The van der Waals surface area contributed by atoms with Gasteiger partial charge in [0.1, 0.15) is 11.6 Å². The quantitative estimate of drug-likeness (QED) is 0.308. The molecule has 0 aliphatic rings. The van der Waals surface area contributed by atoms with Crippen LogP contribution >= 0.6 is 35.0 Å². The molecule has 0 aliphatic carbocycles. The first-order chi connectivity index (χ1) is 16.0. The van der Waals surface area contributed by atoms with Crippen LogP contribution in [0.5, 0.6) is 5.75 Å². The number of ether oxygens (including phenoxy) is 1. The normalized spacial score (nSPS) is 10.8. The third kappa shape index (κ3) is 5.30. The molecule has 0 bridgehead atoms. The fourth-order valence-electron chi connectivity index (χ4n) is 3.05. The Hall–Kier alpha value is -3.07. The summed E-state index contributed by atoms with van der Waals surface area (Å²) in [7, 11) is 1.57. The van der Waals surface area contributed by atoms with E-state index < -0.39 is 5.82 Å². The Labute approximate surface area is 203 Å². The maximum Gasteiger partial charge on any atom is 0.234 e. The van der Waals surface area contributed by atoms with Gasteiger partial charge in [-0.2, -0.15) is 0 Å². The molecule has 1 heterocycles. The average Bonchev–Trinajstić information content (AvgIpc) is 3.24. The van der Waals surface area contributed by atoms with Gasteiger partial charge in [-0.05, 0) is 54.6 Å². The summed E-state index contributed by atoms with van der Waals surface area (Å²) in [5.74, 6) is 0.282. The molecular formula is C23H17Cl2FN4O2S. The van der Waals surface area contributed by atoms with Gasteiger partial charge in [0.05, 0.1) is 34.8 Å². The maximum absolute atomic E-state index is 14.5. The van der Waals surface area contributed by atoms with Crippen molar-refractivity contribution in [2.24, 2.45) is 0 Å². The fraction of sp³-hybridized carbons (Fsp3) is 0.0870. The van der Waals surface area contributed by atoms with Crippen LogP contribution in [0.15, 0.2) is 71.9 Å². The van der Waals surface area contributed by atoms with Gasteiger partial charge in [0, 0.05) is 5.02 Å². The van der Waals surface area contributed by atoms with Gasteiger partial charge in [-0.1, -0.05) is 47.1 Å². The average molecular weight is 503 g/mol. The summed E-state index contributed by atoms with van der Waals surface area (Å²) in [5.41, 5.74) is 1.40. The zero-order valence-electron chi connectivity index (χ0n) is 17.3. The van der Waals surface area contributed by atoms with E-state index in [1.165, 1.54) is 6.07 Å². The second kappa shape index (κ2) is 10.2. The molecule has 0 radical (unpaired) electrons. The number of hydrogen-bond acceptors (Lipinski definition) is 5. The summed E-state index contributed by atoms with van der Waals surface area (Å²) < 4.78 is 21.5. The number of hydrogen-bond donors (Lipinski definition) is 1. The summed E-state index contributed by atoms with van der Waals surface area (Å²) >= 11 is 13.3. The van der Waals surface area contributed by atoms with Gasteiger partial charge in [-0.25, -0.2) is 4.39 Å². The minimum atomic E-state index is -0.426. The largest absolute Gasteiger partial charge is 0.497 e. The van der Waals surface area contributed by atoms with Crippen LogP contribution in [-0.2, 0) is 4.79 Å². The third-order valence-electron chi connectivity index (χ3n) is 4.61. The lowest BCUT2D eigenvalue weighted by molar-refractivity contribution is -0.113. The molecule has 6 nitrogen and oxygen atoms in total. The molecule has 168 valence electrons. The van der Waals surface area contributed by atoms with E-state index in [1.54, 1.807) is 60.2 Å². The molecule has 1 aromatic heterocycles. The summed E-state index contributed by atoms with van der Waals surface area (Å²) in [5, 5.41) is 12.4. The van der Waals surface area contributed by atoms with E-state index in [0.717, 1.165) is 11.8 Å². The number of aromatic nitrogens is 3. The summed E-state index contributed by atoms with van der Waals surface area (Å²) in [6.07, 6.45) is 0. The van der Waals surface area contributed by atoms with Gasteiger partial charge in [-0.3, -0.25) is 9.36 Å². The Morgan fingerprint density at radius 2 is 1.85 bits per heavy atom. The van der Waals surface area contributed by atoms with Crippen LogP contribution in [-0.4, -0.2) is 33.5 Å². The fourth-order valence-corrected chi connectivity index (χ4v) is 4.14. The molecule has 0 spiro atoms. The number of amides is 1. The van der Waals surface area contributed by atoms with Gasteiger partial charge >= 0.3 is 0 Å². The number of halogens is 3. The Kier molecular flexibility index (Phi) is 7.17. The van der Waals surface area contributed by atoms with E-state index in [9.17, 15) is 9.18 Å². The van der Waals surface area contributed by atoms with Crippen LogP contribution in [0.2, 0.25) is 10.0 Å². The van der Waals surface area contributed by atoms with Crippen molar-refractivity contribution >= 4 is 46.6 Å². The number of nitrogens with one attached hydrogen (secondary N) is 1. The number of methoxy groups -OCH3 is 1.